The molecule has 1 saturated carbocycles. The number of halogens is 1. The zero-order chi connectivity index (χ0) is 41.3. The number of nitrogens with one attached hydrogen (secondary N) is 2. The number of fused-ring (bicyclic) bond motifs is 2. The number of amides is 6. The molecule has 3 fully saturated rings. The molecule has 5 heterocycles. The highest BCUT2D eigenvalue weighted by atomic mass is 35.5. The lowest BCUT2D eigenvalue weighted by atomic mass is 9.49. The summed E-state index contributed by atoms with van der Waals surface area (Å²) in [6.07, 6.45) is 1.50. The minimum absolute atomic E-state index is 0.0219. The lowest BCUT2D eigenvalue weighted by Crippen LogP contribution is -2.74. The van der Waals surface area contributed by atoms with Gasteiger partial charge in [-0.1, -0.05) is 39.3 Å². The van der Waals surface area contributed by atoms with Gasteiger partial charge in [-0.15, -0.1) is 0 Å². The Morgan fingerprint density at radius 3 is 2.17 bits per heavy atom. The number of nitriles is 1. The fraction of sp³-hybridized carbons (Fsp3) is 0.429. The average Bonchev–Trinajstić information content (AvgIpc) is 3.70. The Bertz CT molecular complexity index is 2250. The van der Waals surface area contributed by atoms with Crippen molar-refractivity contribution in [2.75, 3.05) is 37.6 Å². The number of ether oxygens (including phenoxy) is 1. The van der Waals surface area contributed by atoms with Crippen LogP contribution in [0.3, 0.4) is 0 Å². The zero-order valence-electron chi connectivity index (χ0n) is 32.6. The predicted octanol–water partition coefficient (Wildman–Crippen LogP) is 3.28. The normalized spacial score (nSPS) is 23.4. The molecule has 0 radical (unpaired) electrons. The molecule has 58 heavy (non-hydrogen) atoms. The van der Waals surface area contributed by atoms with Crippen molar-refractivity contribution in [3.63, 3.8) is 0 Å². The molecular weight excluding hydrogens is 764 g/mol. The summed E-state index contributed by atoms with van der Waals surface area (Å²) in [5, 5.41) is 14.9. The first-order valence-corrected chi connectivity index (χ1v) is 19.7. The van der Waals surface area contributed by atoms with Gasteiger partial charge in [0, 0.05) is 74.8 Å². The summed E-state index contributed by atoms with van der Waals surface area (Å²) in [4.78, 5) is 88.9. The van der Waals surface area contributed by atoms with E-state index in [1.54, 1.807) is 42.6 Å². The second-order valence-corrected chi connectivity index (χ2v) is 17.2. The van der Waals surface area contributed by atoms with Crippen molar-refractivity contribution in [1.29, 1.82) is 5.26 Å². The molecule has 1 aliphatic carbocycles. The molecule has 0 bridgehead atoms. The van der Waals surface area contributed by atoms with Crippen molar-refractivity contribution in [3.8, 4) is 11.8 Å². The van der Waals surface area contributed by atoms with Crippen LogP contribution in [0, 0.1) is 22.2 Å². The topological polar surface area (TPSA) is 185 Å². The molecule has 2 N–H and O–H groups in total. The molecule has 1 atom stereocenters. The van der Waals surface area contributed by atoms with E-state index in [0.717, 1.165) is 16.0 Å². The van der Waals surface area contributed by atoms with Gasteiger partial charge in [0.1, 0.15) is 29.8 Å². The zero-order valence-corrected chi connectivity index (χ0v) is 33.4. The predicted molar refractivity (Wildman–Crippen MR) is 210 cm³/mol. The number of anilines is 1. The fourth-order valence-electron chi connectivity index (χ4n) is 9.54. The maximum Gasteiger partial charge on any atom is 0.262 e. The number of aromatic nitrogens is 1. The van der Waals surface area contributed by atoms with Gasteiger partial charge in [0.15, 0.2) is 0 Å². The quantitative estimate of drug-likeness (QED) is 0.319. The molecule has 5 aliphatic rings. The van der Waals surface area contributed by atoms with Crippen molar-refractivity contribution in [2.24, 2.45) is 10.8 Å². The molecule has 2 aromatic carbocycles. The molecule has 15 nitrogen and oxygen atoms in total. The van der Waals surface area contributed by atoms with E-state index in [4.69, 9.17) is 16.3 Å². The second-order valence-electron chi connectivity index (χ2n) is 16.8. The Kier molecular flexibility index (Phi) is 9.76. The van der Waals surface area contributed by atoms with Gasteiger partial charge in [-0.2, -0.15) is 5.26 Å². The van der Waals surface area contributed by atoms with E-state index in [-0.39, 0.29) is 54.5 Å². The highest BCUT2D eigenvalue weighted by Gasteiger charge is 2.64. The number of carbonyl (C=O) groups is 6. The molecule has 0 spiro atoms. The van der Waals surface area contributed by atoms with Crippen LogP contribution in [0.4, 0.5) is 5.82 Å². The summed E-state index contributed by atoms with van der Waals surface area (Å²) in [5.74, 6) is -1.15. The number of benzene rings is 2. The monoisotopic (exact) mass is 806 g/mol. The van der Waals surface area contributed by atoms with Gasteiger partial charge in [0.05, 0.1) is 33.8 Å². The fourth-order valence-corrected chi connectivity index (χ4v) is 9.76. The number of piperazine rings is 1. The maximum atomic E-state index is 13.4. The van der Waals surface area contributed by atoms with E-state index >= 15 is 0 Å². The first-order chi connectivity index (χ1) is 27.6. The number of hydrogen-bond acceptors (Lipinski definition) is 11. The van der Waals surface area contributed by atoms with Crippen molar-refractivity contribution in [1.82, 2.24) is 30.3 Å². The Morgan fingerprint density at radius 2 is 1.60 bits per heavy atom. The van der Waals surface area contributed by atoms with Gasteiger partial charge in [-0.25, -0.2) is 4.98 Å². The molecular formula is C42H43ClN8O7. The van der Waals surface area contributed by atoms with Crippen LogP contribution < -0.4 is 20.3 Å². The highest BCUT2D eigenvalue weighted by molar-refractivity contribution is 6.31. The van der Waals surface area contributed by atoms with Gasteiger partial charge in [0.25, 0.3) is 17.7 Å². The molecule has 3 aromatic rings. The molecule has 6 amide bonds. The summed E-state index contributed by atoms with van der Waals surface area (Å²) in [5.41, 5.74) is 2.17. The third-order valence-corrected chi connectivity index (χ3v) is 12.6. The van der Waals surface area contributed by atoms with Gasteiger partial charge in [-0.3, -0.25) is 43.9 Å². The van der Waals surface area contributed by atoms with Crippen LogP contribution >= 0.6 is 11.6 Å². The average molecular weight is 807 g/mol. The Morgan fingerprint density at radius 1 is 0.948 bits per heavy atom. The van der Waals surface area contributed by atoms with Gasteiger partial charge in [-0.05, 0) is 53.9 Å². The largest absolute Gasteiger partial charge is 0.489 e. The summed E-state index contributed by atoms with van der Waals surface area (Å²) in [6, 6.07) is 12.8. The van der Waals surface area contributed by atoms with Crippen molar-refractivity contribution in [3.05, 3.63) is 87.1 Å². The number of pyridine rings is 1. The van der Waals surface area contributed by atoms with Crippen molar-refractivity contribution >= 4 is 52.9 Å². The Hall–Kier alpha value is -5.85. The van der Waals surface area contributed by atoms with Gasteiger partial charge < -0.3 is 19.9 Å². The molecule has 8 rings (SSSR count). The lowest BCUT2D eigenvalue weighted by Gasteiger charge is -2.63. The second kappa shape index (κ2) is 14.5. The first-order valence-electron chi connectivity index (χ1n) is 19.3. The van der Waals surface area contributed by atoms with E-state index in [2.05, 4.69) is 26.6 Å². The minimum Gasteiger partial charge on any atom is -0.489 e. The summed E-state index contributed by atoms with van der Waals surface area (Å²) in [6.45, 7) is 11.4. The molecule has 4 aliphatic heterocycles. The first kappa shape index (κ1) is 39.0. The SMILES string of the molecule is CC1(C)C(NC(=O)c2ccc(N3CCN(C(=O)CN4Cc5cc6c(cc5C4)C(=O)N(C4CCC(=O)NC4=O)C6=O)CC3)nc2)C(C)(C)C1Oc1ccc(C#N)c(Cl)c1. The van der Waals surface area contributed by atoms with E-state index < -0.39 is 40.5 Å². The van der Waals surface area contributed by atoms with E-state index in [1.807, 2.05) is 43.6 Å². The number of nitrogens with zero attached hydrogens (tertiary/aromatic N) is 6. The summed E-state index contributed by atoms with van der Waals surface area (Å²) in [7, 11) is 0. The van der Waals surface area contributed by atoms with Crippen LogP contribution in [0.5, 0.6) is 5.75 Å². The van der Waals surface area contributed by atoms with E-state index in [1.165, 1.54) is 0 Å². The Labute approximate surface area is 340 Å². The maximum absolute atomic E-state index is 13.4. The Balaban J connectivity index is 0.816. The standard InChI is InChI=1S/C42H43ClN8O7/c1-41(2)39(42(3,4)40(41)58-27-7-5-23(18-44)30(43)17-27)47-35(54)24-6-9-32(45-19-24)49-11-13-50(14-12-49)34(53)22-48-20-25-15-28-29(16-26(25)21-48)38(57)51(37(28)56)31-8-10-33(52)46-36(31)55/h5-7,9,15-17,19,31,39-40H,8,10-14,20-22H2,1-4H3,(H,47,54)(H,46,52,55). The van der Waals surface area contributed by atoms with Gasteiger partial charge >= 0.3 is 0 Å². The van der Waals surface area contributed by atoms with Crippen LogP contribution in [0.1, 0.15) is 88.3 Å². The van der Waals surface area contributed by atoms with Crippen LogP contribution in [-0.2, 0) is 27.5 Å². The number of carbonyl (C=O) groups excluding carboxylic acids is 6. The highest BCUT2D eigenvalue weighted by Crippen LogP contribution is 2.55. The lowest BCUT2D eigenvalue weighted by molar-refractivity contribution is -0.164. The van der Waals surface area contributed by atoms with Crippen LogP contribution in [-0.4, -0.2) is 106 Å². The summed E-state index contributed by atoms with van der Waals surface area (Å²) >= 11 is 6.23. The minimum atomic E-state index is -1.02. The van der Waals surface area contributed by atoms with Gasteiger partial charge in [0.2, 0.25) is 17.7 Å². The number of hydrogen-bond donors (Lipinski definition) is 2. The van der Waals surface area contributed by atoms with Crippen LogP contribution in [0.15, 0.2) is 48.7 Å². The smallest absolute Gasteiger partial charge is 0.262 e. The van der Waals surface area contributed by atoms with Crippen molar-refractivity contribution in [2.45, 2.75) is 71.8 Å². The molecule has 1 aromatic heterocycles. The molecule has 16 heteroatoms. The molecule has 2 saturated heterocycles. The number of imide groups is 2. The van der Waals surface area contributed by atoms with Crippen molar-refractivity contribution < 1.29 is 33.5 Å². The van der Waals surface area contributed by atoms with Crippen LogP contribution in [0.2, 0.25) is 5.02 Å². The number of rotatable bonds is 8. The molecule has 1 unspecified atom stereocenters. The van der Waals surface area contributed by atoms with E-state index in [9.17, 15) is 34.0 Å². The third kappa shape index (κ3) is 6.73. The summed E-state index contributed by atoms with van der Waals surface area (Å²) < 4.78 is 6.35. The van der Waals surface area contributed by atoms with Crippen LogP contribution in [0.25, 0.3) is 0 Å². The number of piperidine rings is 1. The molecule has 300 valence electrons. The third-order valence-electron chi connectivity index (χ3n) is 12.3. The van der Waals surface area contributed by atoms with E-state index in [0.29, 0.717) is 67.0 Å².